The predicted octanol–water partition coefficient (Wildman–Crippen LogP) is 4.64. The van der Waals surface area contributed by atoms with E-state index in [0.29, 0.717) is 10.0 Å². The number of carbonyl (C=O) groups is 2. The zero-order chi connectivity index (χ0) is 20.9. The van der Waals surface area contributed by atoms with Crippen LogP contribution >= 0.6 is 23.2 Å². The van der Waals surface area contributed by atoms with Gasteiger partial charge in [0.1, 0.15) is 12.0 Å². The van der Waals surface area contributed by atoms with E-state index in [9.17, 15) is 22.8 Å². The lowest BCUT2D eigenvalue weighted by atomic mass is 9.92. The number of hydrogen-bond acceptors (Lipinski definition) is 2. The minimum Gasteiger partial charge on any atom is -0.344 e. The minimum absolute atomic E-state index is 0.171. The minimum atomic E-state index is -4.53. The lowest BCUT2D eigenvalue weighted by Gasteiger charge is -2.30. The molecule has 2 aromatic rings. The van der Waals surface area contributed by atoms with Gasteiger partial charge in [0.05, 0.1) is 6.04 Å². The van der Waals surface area contributed by atoms with Crippen molar-refractivity contribution in [3.63, 3.8) is 0 Å². The summed E-state index contributed by atoms with van der Waals surface area (Å²) < 4.78 is 38.5. The highest BCUT2D eigenvalue weighted by molar-refractivity contribution is 6.31. The number of carbonyl (C=O) groups excluding carboxylic acids is 2. The van der Waals surface area contributed by atoms with Gasteiger partial charge < -0.3 is 10.6 Å². The van der Waals surface area contributed by atoms with Crippen molar-refractivity contribution in [2.45, 2.75) is 31.1 Å². The first-order valence-corrected chi connectivity index (χ1v) is 9.67. The van der Waals surface area contributed by atoms with Gasteiger partial charge in [0.2, 0.25) is 11.8 Å². The second kappa shape index (κ2) is 7.22. The highest BCUT2D eigenvalue weighted by Crippen LogP contribution is 2.45. The Kier molecular flexibility index (Phi) is 4.99. The van der Waals surface area contributed by atoms with Gasteiger partial charge in [-0.05, 0) is 59.4 Å². The van der Waals surface area contributed by atoms with Gasteiger partial charge in [-0.15, -0.1) is 0 Å². The van der Waals surface area contributed by atoms with E-state index in [4.69, 9.17) is 23.2 Å². The molecular weight excluding hydrogens is 428 g/mol. The number of rotatable bonds is 2. The van der Waals surface area contributed by atoms with Crippen molar-refractivity contribution in [1.82, 2.24) is 10.6 Å². The van der Waals surface area contributed by atoms with Crippen molar-refractivity contribution in [1.29, 1.82) is 0 Å². The van der Waals surface area contributed by atoms with Crippen LogP contribution in [-0.4, -0.2) is 24.0 Å². The summed E-state index contributed by atoms with van der Waals surface area (Å²) in [5.74, 6) is -2.71. The molecule has 1 saturated heterocycles. The Balaban J connectivity index is 1.59. The summed E-state index contributed by atoms with van der Waals surface area (Å²) >= 11 is 12.2. The van der Waals surface area contributed by atoms with E-state index < -0.39 is 36.0 Å². The smallest absolute Gasteiger partial charge is 0.344 e. The molecule has 29 heavy (non-hydrogen) atoms. The fourth-order valence-corrected chi connectivity index (χ4v) is 4.24. The Labute approximate surface area is 174 Å². The molecule has 1 heterocycles. The number of alkyl halides is 3. The fraction of sp³-hybridized carbons (Fsp3) is 0.300. The quantitative estimate of drug-likeness (QED) is 0.665. The van der Waals surface area contributed by atoms with E-state index >= 15 is 0 Å². The SMILES string of the molecule is O=C(NC1c2ccc(Cl)cc2-c2cc(Cl)ccc21)C1CCC(C(F)(F)F)NC1=O. The van der Waals surface area contributed by atoms with Crippen LogP contribution in [0.25, 0.3) is 11.1 Å². The van der Waals surface area contributed by atoms with E-state index in [1.807, 2.05) is 5.32 Å². The highest BCUT2D eigenvalue weighted by Gasteiger charge is 2.46. The van der Waals surface area contributed by atoms with Crippen LogP contribution in [0.5, 0.6) is 0 Å². The van der Waals surface area contributed by atoms with Crippen molar-refractivity contribution in [2.75, 3.05) is 0 Å². The van der Waals surface area contributed by atoms with Gasteiger partial charge in [-0.1, -0.05) is 35.3 Å². The molecule has 0 spiro atoms. The molecule has 152 valence electrons. The average Bonchev–Trinajstić information content (AvgIpc) is 2.93. The maximum absolute atomic E-state index is 12.8. The summed E-state index contributed by atoms with van der Waals surface area (Å²) in [5, 5.41) is 5.76. The molecule has 2 aliphatic rings. The molecule has 4 rings (SSSR count). The van der Waals surface area contributed by atoms with Gasteiger partial charge in [0.25, 0.3) is 0 Å². The summed E-state index contributed by atoms with van der Waals surface area (Å²) in [4.78, 5) is 24.9. The number of halogens is 5. The van der Waals surface area contributed by atoms with Crippen LogP contribution in [0.3, 0.4) is 0 Å². The summed E-state index contributed by atoms with van der Waals surface area (Å²) in [6, 6.07) is 7.99. The second-order valence-corrected chi connectivity index (χ2v) is 8.01. The number of amides is 2. The summed E-state index contributed by atoms with van der Waals surface area (Å²) in [6.45, 7) is 0. The van der Waals surface area contributed by atoms with Gasteiger partial charge in [-0.25, -0.2) is 0 Å². The van der Waals surface area contributed by atoms with Crippen molar-refractivity contribution in [3.05, 3.63) is 57.6 Å². The number of fused-ring (bicyclic) bond motifs is 3. The first-order chi connectivity index (χ1) is 13.6. The van der Waals surface area contributed by atoms with Crippen LogP contribution in [0.1, 0.15) is 30.0 Å². The van der Waals surface area contributed by atoms with Crippen LogP contribution in [-0.2, 0) is 9.59 Å². The lowest BCUT2D eigenvalue weighted by Crippen LogP contribution is -2.54. The summed E-state index contributed by atoms with van der Waals surface area (Å²) in [6.07, 6.45) is -5.04. The van der Waals surface area contributed by atoms with Crippen LogP contribution in [0, 0.1) is 5.92 Å². The Morgan fingerprint density at radius 3 is 2.03 bits per heavy atom. The molecule has 2 amide bonds. The van der Waals surface area contributed by atoms with Crippen molar-refractivity contribution < 1.29 is 22.8 Å². The van der Waals surface area contributed by atoms with Crippen LogP contribution < -0.4 is 10.6 Å². The molecule has 1 aliphatic carbocycles. The molecule has 2 aromatic carbocycles. The molecule has 1 aliphatic heterocycles. The van der Waals surface area contributed by atoms with E-state index in [-0.39, 0.29) is 12.8 Å². The lowest BCUT2D eigenvalue weighted by molar-refractivity contribution is -0.171. The number of piperidine rings is 1. The third-order valence-corrected chi connectivity index (χ3v) is 5.79. The van der Waals surface area contributed by atoms with Gasteiger partial charge >= 0.3 is 6.18 Å². The zero-order valence-corrected chi connectivity index (χ0v) is 16.3. The molecule has 9 heteroatoms. The maximum Gasteiger partial charge on any atom is 0.408 e. The third-order valence-electron chi connectivity index (χ3n) is 5.32. The number of nitrogens with one attached hydrogen (secondary N) is 2. The molecule has 0 radical (unpaired) electrons. The zero-order valence-electron chi connectivity index (χ0n) is 14.8. The third kappa shape index (κ3) is 3.69. The van der Waals surface area contributed by atoms with Gasteiger partial charge in [-0.3, -0.25) is 9.59 Å². The Morgan fingerprint density at radius 1 is 1.00 bits per heavy atom. The normalized spacial score (nSPS) is 21.3. The van der Waals surface area contributed by atoms with Gasteiger partial charge in [0.15, 0.2) is 0 Å². The Hall–Kier alpha value is -2.25. The number of hydrogen-bond donors (Lipinski definition) is 2. The Bertz CT molecular complexity index is 958. The fourth-order valence-electron chi connectivity index (χ4n) is 3.90. The molecule has 2 atom stereocenters. The average molecular weight is 443 g/mol. The number of benzene rings is 2. The largest absolute Gasteiger partial charge is 0.408 e. The van der Waals surface area contributed by atoms with Crippen LogP contribution in [0.15, 0.2) is 36.4 Å². The monoisotopic (exact) mass is 442 g/mol. The maximum atomic E-state index is 12.8. The summed E-state index contributed by atoms with van der Waals surface area (Å²) in [5.41, 5.74) is 3.19. The first-order valence-electron chi connectivity index (χ1n) is 8.92. The molecular formula is C20H15Cl2F3N2O2. The molecule has 1 fully saturated rings. The molecule has 2 unspecified atom stereocenters. The van der Waals surface area contributed by atoms with Gasteiger partial charge in [0, 0.05) is 10.0 Å². The van der Waals surface area contributed by atoms with E-state index in [1.165, 1.54) is 0 Å². The molecule has 0 aromatic heterocycles. The van der Waals surface area contributed by atoms with Crippen molar-refractivity contribution >= 4 is 35.0 Å². The van der Waals surface area contributed by atoms with Crippen LogP contribution in [0.4, 0.5) is 13.2 Å². The molecule has 2 N–H and O–H groups in total. The summed E-state index contributed by atoms with van der Waals surface area (Å²) in [7, 11) is 0. The van der Waals surface area contributed by atoms with Crippen molar-refractivity contribution in [2.24, 2.45) is 5.92 Å². The van der Waals surface area contributed by atoms with Gasteiger partial charge in [-0.2, -0.15) is 13.2 Å². The topological polar surface area (TPSA) is 58.2 Å². The van der Waals surface area contributed by atoms with E-state index in [1.54, 1.807) is 36.4 Å². The molecule has 0 bridgehead atoms. The van der Waals surface area contributed by atoms with E-state index in [2.05, 4.69) is 5.32 Å². The molecule has 0 saturated carbocycles. The first kappa shape index (κ1) is 20.0. The predicted molar refractivity (Wildman–Crippen MR) is 103 cm³/mol. The Morgan fingerprint density at radius 2 is 1.55 bits per heavy atom. The van der Waals surface area contributed by atoms with Crippen molar-refractivity contribution in [3.8, 4) is 11.1 Å². The molecule has 4 nitrogen and oxygen atoms in total. The van der Waals surface area contributed by atoms with E-state index in [0.717, 1.165) is 22.3 Å². The standard InChI is InChI=1S/C20H15Cl2F3N2O2/c21-9-1-3-11-14(7-9)15-8-10(22)2-4-12(15)17(11)27-19(29)13-5-6-16(20(23,24)25)26-18(13)28/h1-4,7-8,13,16-17H,5-6H2,(H,26,28)(H,27,29). The second-order valence-electron chi connectivity index (χ2n) is 7.14. The van der Waals surface area contributed by atoms with Crippen LogP contribution in [0.2, 0.25) is 10.0 Å². The highest BCUT2D eigenvalue weighted by atomic mass is 35.5.